The molecule has 0 radical (unpaired) electrons. The van der Waals surface area contributed by atoms with Gasteiger partial charge in [0, 0.05) is 23.2 Å². The van der Waals surface area contributed by atoms with E-state index in [1.807, 2.05) is 0 Å². The van der Waals surface area contributed by atoms with Crippen LogP contribution < -0.4 is 10.6 Å². The van der Waals surface area contributed by atoms with Crippen LogP contribution in [0, 0.1) is 22.5 Å². The van der Waals surface area contributed by atoms with Crippen molar-refractivity contribution in [1.29, 1.82) is 0 Å². The number of rotatable bonds is 2. The first-order valence-corrected chi connectivity index (χ1v) is 6.39. The molecule has 1 aromatic rings. The number of carbonyl (C=O) groups excluding carboxylic acids is 1. The van der Waals surface area contributed by atoms with E-state index in [1.54, 1.807) is 33.8 Å². The molecule has 2 N–H and O–H groups in total. The molecular formula is C13H17N3O3S. The first-order chi connectivity index (χ1) is 9.11. The topological polar surface area (TPSA) is 84.3 Å². The Labute approximate surface area is 122 Å². The van der Waals surface area contributed by atoms with E-state index in [0.29, 0.717) is 11.3 Å². The van der Waals surface area contributed by atoms with Gasteiger partial charge >= 0.3 is 0 Å². The number of hydrogen-bond acceptors (Lipinski definition) is 4. The van der Waals surface area contributed by atoms with Crippen LogP contribution in [0.2, 0.25) is 0 Å². The summed E-state index contributed by atoms with van der Waals surface area (Å²) in [5.74, 6) is -0.199. The quantitative estimate of drug-likeness (QED) is 0.498. The summed E-state index contributed by atoms with van der Waals surface area (Å²) in [6, 6.07) is 4.38. The number of nitrogens with zero attached hydrogens (tertiary/aromatic N) is 1. The molecule has 0 aliphatic rings. The highest BCUT2D eigenvalue weighted by Crippen LogP contribution is 2.21. The van der Waals surface area contributed by atoms with Gasteiger partial charge in [0.05, 0.1) is 4.92 Å². The average molecular weight is 295 g/mol. The fourth-order valence-electron chi connectivity index (χ4n) is 1.35. The van der Waals surface area contributed by atoms with Gasteiger partial charge < -0.3 is 10.6 Å². The summed E-state index contributed by atoms with van der Waals surface area (Å²) in [5, 5.41) is 16.2. The maximum Gasteiger partial charge on any atom is 0.269 e. The number of nitro benzene ring substituents is 1. The van der Waals surface area contributed by atoms with Crippen LogP contribution in [0.15, 0.2) is 18.2 Å². The van der Waals surface area contributed by atoms with Gasteiger partial charge in [-0.05, 0) is 30.8 Å². The van der Waals surface area contributed by atoms with Gasteiger partial charge in [0.1, 0.15) is 0 Å². The molecule has 20 heavy (non-hydrogen) atoms. The largest absolute Gasteiger partial charge is 0.332 e. The molecule has 0 saturated heterocycles. The number of carbonyl (C=O) groups is 1. The van der Waals surface area contributed by atoms with Gasteiger partial charge in [-0.25, -0.2) is 0 Å². The second kappa shape index (κ2) is 5.96. The number of aryl methyl sites for hydroxylation is 1. The minimum atomic E-state index is -0.545. The van der Waals surface area contributed by atoms with Crippen LogP contribution >= 0.6 is 12.2 Å². The Kier molecular flexibility index (Phi) is 4.78. The van der Waals surface area contributed by atoms with Crippen molar-refractivity contribution in [2.75, 3.05) is 5.32 Å². The van der Waals surface area contributed by atoms with E-state index in [-0.39, 0.29) is 16.7 Å². The lowest BCUT2D eigenvalue weighted by Gasteiger charge is -2.19. The molecule has 6 nitrogen and oxygen atoms in total. The summed E-state index contributed by atoms with van der Waals surface area (Å²) in [4.78, 5) is 21.9. The number of anilines is 1. The van der Waals surface area contributed by atoms with Gasteiger partial charge in [-0.2, -0.15) is 0 Å². The van der Waals surface area contributed by atoms with Crippen LogP contribution in [0.5, 0.6) is 0 Å². The maximum atomic E-state index is 11.8. The van der Waals surface area contributed by atoms with Crippen LogP contribution in [0.4, 0.5) is 11.4 Å². The fraction of sp³-hybridized carbons (Fsp3) is 0.385. The molecule has 108 valence electrons. The summed E-state index contributed by atoms with van der Waals surface area (Å²) in [5.41, 5.74) is 0.759. The minimum absolute atomic E-state index is 0.0118. The molecule has 0 saturated carbocycles. The van der Waals surface area contributed by atoms with Crippen LogP contribution in [-0.2, 0) is 4.79 Å². The Morgan fingerprint density at radius 2 is 1.95 bits per heavy atom. The smallest absolute Gasteiger partial charge is 0.269 e. The summed E-state index contributed by atoms with van der Waals surface area (Å²) in [7, 11) is 0. The van der Waals surface area contributed by atoms with Gasteiger partial charge in [-0.1, -0.05) is 20.8 Å². The number of amides is 1. The number of benzene rings is 1. The minimum Gasteiger partial charge on any atom is -0.332 e. The third-order valence-electron chi connectivity index (χ3n) is 2.58. The van der Waals surface area contributed by atoms with Crippen LogP contribution in [-0.4, -0.2) is 15.9 Å². The first kappa shape index (κ1) is 16.0. The van der Waals surface area contributed by atoms with Crippen LogP contribution in [0.3, 0.4) is 0 Å². The fourth-order valence-corrected chi connectivity index (χ4v) is 1.55. The molecule has 7 heteroatoms. The number of nitro groups is 1. The molecule has 0 aromatic heterocycles. The van der Waals surface area contributed by atoms with Crippen molar-refractivity contribution in [2.24, 2.45) is 5.41 Å². The summed E-state index contributed by atoms with van der Waals surface area (Å²) in [6.45, 7) is 7.07. The van der Waals surface area contributed by atoms with E-state index in [1.165, 1.54) is 12.1 Å². The number of thiocarbonyl (C=S) groups is 1. The first-order valence-electron chi connectivity index (χ1n) is 5.99. The van der Waals surface area contributed by atoms with Crippen molar-refractivity contribution in [3.63, 3.8) is 0 Å². The Balaban J connectivity index is 2.77. The lowest BCUT2D eigenvalue weighted by atomic mass is 9.96. The Bertz CT molecular complexity index is 564. The van der Waals surface area contributed by atoms with E-state index < -0.39 is 10.3 Å². The van der Waals surface area contributed by atoms with Gasteiger partial charge in [0.15, 0.2) is 5.11 Å². The predicted octanol–water partition coefficient (Wildman–Crippen LogP) is 2.76. The highest BCUT2D eigenvalue weighted by atomic mass is 32.1. The number of hydrogen-bond donors (Lipinski definition) is 2. The zero-order valence-electron chi connectivity index (χ0n) is 11.8. The van der Waals surface area contributed by atoms with Crippen molar-refractivity contribution in [1.82, 2.24) is 5.32 Å². The van der Waals surface area contributed by atoms with E-state index in [0.717, 1.165) is 0 Å². The van der Waals surface area contributed by atoms with Crippen molar-refractivity contribution >= 4 is 34.6 Å². The monoisotopic (exact) mass is 295 g/mol. The second-order valence-electron chi connectivity index (χ2n) is 5.41. The predicted molar refractivity (Wildman–Crippen MR) is 81.7 cm³/mol. The highest BCUT2D eigenvalue weighted by Gasteiger charge is 2.22. The van der Waals surface area contributed by atoms with E-state index in [2.05, 4.69) is 10.6 Å². The molecule has 0 heterocycles. The normalized spacial score (nSPS) is 10.8. The molecule has 1 rings (SSSR count). The molecule has 0 bridgehead atoms. The van der Waals surface area contributed by atoms with E-state index >= 15 is 0 Å². The third-order valence-corrected chi connectivity index (χ3v) is 2.78. The standard InChI is InChI=1S/C13H17N3O3S/c1-8-7-9(16(18)19)5-6-10(8)14-12(20)15-11(17)13(2,3)4/h5-7H,1-4H3,(H2,14,15,17,20). The van der Waals surface area contributed by atoms with Crippen molar-refractivity contribution < 1.29 is 9.72 Å². The zero-order chi connectivity index (χ0) is 15.5. The summed E-state index contributed by atoms with van der Waals surface area (Å²) >= 11 is 5.05. The highest BCUT2D eigenvalue weighted by molar-refractivity contribution is 7.80. The lowest BCUT2D eigenvalue weighted by molar-refractivity contribution is -0.384. The molecular weight excluding hydrogens is 278 g/mol. The molecule has 0 spiro atoms. The molecule has 0 aliphatic carbocycles. The Morgan fingerprint density at radius 3 is 2.40 bits per heavy atom. The van der Waals surface area contributed by atoms with Gasteiger partial charge in [0.2, 0.25) is 5.91 Å². The number of nitrogens with one attached hydrogen (secondary N) is 2. The molecule has 0 fully saturated rings. The molecule has 0 atom stereocenters. The van der Waals surface area contributed by atoms with Crippen molar-refractivity contribution in [3.05, 3.63) is 33.9 Å². The summed E-state index contributed by atoms with van der Waals surface area (Å²) in [6.07, 6.45) is 0. The van der Waals surface area contributed by atoms with Crippen molar-refractivity contribution in [3.8, 4) is 0 Å². The summed E-state index contributed by atoms with van der Waals surface area (Å²) < 4.78 is 0. The number of non-ortho nitro benzene ring substituents is 1. The lowest BCUT2D eigenvalue weighted by Crippen LogP contribution is -2.41. The Morgan fingerprint density at radius 1 is 1.35 bits per heavy atom. The average Bonchev–Trinajstić information content (AvgIpc) is 2.30. The van der Waals surface area contributed by atoms with E-state index in [9.17, 15) is 14.9 Å². The van der Waals surface area contributed by atoms with Crippen LogP contribution in [0.1, 0.15) is 26.3 Å². The van der Waals surface area contributed by atoms with Gasteiger partial charge in [-0.3, -0.25) is 14.9 Å². The molecule has 1 aromatic carbocycles. The van der Waals surface area contributed by atoms with Gasteiger partial charge in [0.25, 0.3) is 5.69 Å². The van der Waals surface area contributed by atoms with Crippen LogP contribution in [0.25, 0.3) is 0 Å². The maximum absolute atomic E-state index is 11.8. The second-order valence-corrected chi connectivity index (χ2v) is 5.82. The Hall–Kier alpha value is -2.02. The van der Waals surface area contributed by atoms with Gasteiger partial charge in [-0.15, -0.1) is 0 Å². The van der Waals surface area contributed by atoms with E-state index in [4.69, 9.17) is 12.2 Å². The third kappa shape index (κ3) is 4.27. The molecule has 0 aliphatic heterocycles. The molecule has 1 amide bonds. The van der Waals surface area contributed by atoms with Crippen molar-refractivity contribution in [2.45, 2.75) is 27.7 Å². The zero-order valence-corrected chi connectivity index (χ0v) is 12.6. The molecule has 0 unspecified atom stereocenters. The SMILES string of the molecule is Cc1cc([N+](=O)[O-])ccc1NC(=S)NC(=O)C(C)(C)C.